The Morgan fingerprint density at radius 1 is 1.33 bits per heavy atom. The van der Waals surface area contributed by atoms with Gasteiger partial charge < -0.3 is 16.8 Å². The van der Waals surface area contributed by atoms with E-state index in [0.29, 0.717) is 30.4 Å². The zero-order valence-corrected chi connectivity index (χ0v) is 11.7. The molecule has 3 rings (SSSR count). The first kappa shape index (κ1) is 13.3. The van der Waals surface area contributed by atoms with Crippen molar-refractivity contribution in [2.45, 2.75) is 13.3 Å². The summed E-state index contributed by atoms with van der Waals surface area (Å²) in [5, 5.41) is 7.61. The molecule has 2 heterocycles. The van der Waals surface area contributed by atoms with Gasteiger partial charge >= 0.3 is 0 Å². The normalized spacial score (nSPS) is 11.0. The zero-order valence-electron chi connectivity index (χ0n) is 11.7. The predicted molar refractivity (Wildman–Crippen MR) is 82.4 cm³/mol. The highest BCUT2D eigenvalue weighted by molar-refractivity contribution is 5.64. The van der Waals surface area contributed by atoms with Crippen LogP contribution in [0.3, 0.4) is 0 Å². The van der Waals surface area contributed by atoms with Crippen molar-refractivity contribution >= 4 is 23.1 Å². The molecule has 0 aliphatic rings. The van der Waals surface area contributed by atoms with Crippen molar-refractivity contribution in [3.8, 4) is 0 Å². The van der Waals surface area contributed by atoms with E-state index >= 15 is 0 Å². The van der Waals surface area contributed by atoms with E-state index in [1.165, 1.54) is 0 Å². The average molecular weight is 283 g/mol. The van der Waals surface area contributed by atoms with Gasteiger partial charge in [0, 0.05) is 12.1 Å². The van der Waals surface area contributed by atoms with Gasteiger partial charge in [0.25, 0.3) is 0 Å². The van der Waals surface area contributed by atoms with Crippen molar-refractivity contribution in [1.29, 1.82) is 0 Å². The van der Waals surface area contributed by atoms with Gasteiger partial charge in [-0.25, -0.2) is 9.50 Å². The number of nitrogen functional groups attached to an aromatic ring is 1. The summed E-state index contributed by atoms with van der Waals surface area (Å²) in [6.07, 6.45) is 2.34. The van der Waals surface area contributed by atoms with E-state index in [-0.39, 0.29) is 0 Å². The van der Waals surface area contributed by atoms with Crippen molar-refractivity contribution in [1.82, 2.24) is 19.6 Å². The molecule has 7 heteroatoms. The van der Waals surface area contributed by atoms with Crippen LogP contribution < -0.4 is 16.8 Å². The van der Waals surface area contributed by atoms with Crippen molar-refractivity contribution < 1.29 is 0 Å². The standard InChI is InChI=1S/C14H17N7/c1-9-3-2-4-10(7-9)18-14-19-13-12(16)17-8-11(5-6-15)21(13)20-14/h2-4,7-8H,5-6,15H2,1H3,(H2,16,17)(H,18,20). The van der Waals surface area contributed by atoms with Gasteiger partial charge in [-0.15, -0.1) is 5.10 Å². The first-order valence-corrected chi connectivity index (χ1v) is 6.71. The van der Waals surface area contributed by atoms with Crippen molar-refractivity contribution in [3.63, 3.8) is 0 Å². The first-order valence-electron chi connectivity index (χ1n) is 6.71. The minimum atomic E-state index is 0.348. The van der Waals surface area contributed by atoms with Crippen molar-refractivity contribution in [2.75, 3.05) is 17.6 Å². The summed E-state index contributed by atoms with van der Waals surface area (Å²) in [7, 11) is 0. The fraction of sp³-hybridized carbons (Fsp3) is 0.214. The smallest absolute Gasteiger partial charge is 0.247 e. The van der Waals surface area contributed by atoms with Crippen molar-refractivity contribution in [3.05, 3.63) is 41.7 Å². The maximum atomic E-state index is 5.86. The van der Waals surface area contributed by atoms with Gasteiger partial charge in [-0.05, 0) is 31.2 Å². The molecular weight excluding hydrogens is 266 g/mol. The van der Waals surface area contributed by atoms with Gasteiger partial charge in [-0.1, -0.05) is 12.1 Å². The fourth-order valence-corrected chi connectivity index (χ4v) is 2.16. The van der Waals surface area contributed by atoms with Crippen LogP contribution in [0, 0.1) is 6.92 Å². The van der Waals surface area contributed by atoms with Crippen LogP contribution in [0.4, 0.5) is 17.5 Å². The molecule has 2 aromatic heterocycles. The Balaban J connectivity index is 2.00. The van der Waals surface area contributed by atoms with Crippen LogP contribution in [0.2, 0.25) is 0 Å². The monoisotopic (exact) mass is 283 g/mol. The summed E-state index contributed by atoms with van der Waals surface area (Å²) < 4.78 is 1.69. The summed E-state index contributed by atoms with van der Waals surface area (Å²) in [4.78, 5) is 8.52. The Labute approximate surface area is 122 Å². The number of nitrogens with two attached hydrogens (primary N) is 2. The molecule has 0 radical (unpaired) electrons. The number of hydrogen-bond acceptors (Lipinski definition) is 6. The number of rotatable bonds is 4. The average Bonchev–Trinajstić information content (AvgIpc) is 2.87. The topological polar surface area (TPSA) is 107 Å². The van der Waals surface area contributed by atoms with Gasteiger partial charge in [0.05, 0.1) is 11.9 Å². The Kier molecular flexibility index (Phi) is 3.41. The van der Waals surface area contributed by atoms with E-state index in [1.54, 1.807) is 10.7 Å². The number of nitrogens with zero attached hydrogens (tertiary/aromatic N) is 4. The highest BCUT2D eigenvalue weighted by Crippen LogP contribution is 2.18. The number of fused-ring (bicyclic) bond motifs is 1. The molecule has 0 amide bonds. The third kappa shape index (κ3) is 2.63. The van der Waals surface area contributed by atoms with E-state index in [9.17, 15) is 0 Å². The molecule has 0 aliphatic carbocycles. The second-order valence-corrected chi connectivity index (χ2v) is 4.84. The van der Waals surface area contributed by atoms with E-state index in [0.717, 1.165) is 16.9 Å². The maximum Gasteiger partial charge on any atom is 0.247 e. The quantitative estimate of drug-likeness (QED) is 0.665. The number of benzene rings is 1. The third-order valence-electron chi connectivity index (χ3n) is 3.14. The molecule has 108 valence electrons. The van der Waals surface area contributed by atoms with E-state index in [2.05, 4.69) is 20.4 Å². The predicted octanol–water partition coefficient (Wildman–Crippen LogP) is 1.26. The van der Waals surface area contributed by atoms with Crippen LogP contribution in [0.1, 0.15) is 11.3 Å². The summed E-state index contributed by atoms with van der Waals surface area (Å²) in [6.45, 7) is 2.55. The minimum absolute atomic E-state index is 0.348. The Morgan fingerprint density at radius 2 is 2.19 bits per heavy atom. The van der Waals surface area contributed by atoms with Crippen LogP contribution in [0.25, 0.3) is 5.65 Å². The maximum absolute atomic E-state index is 5.86. The lowest BCUT2D eigenvalue weighted by molar-refractivity contribution is 0.820. The lowest BCUT2D eigenvalue weighted by atomic mass is 10.2. The highest BCUT2D eigenvalue weighted by atomic mass is 15.4. The van der Waals surface area contributed by atoms with Gasteiger partial charge in [0.15, 0.2) is 11.5 Å². The zero-order chi connectivity index (χ0) is 14.8. The van der Waals surface area contributed by atoms with Gasteiger partial charge in [-0.2, -0.15) is 4.98 Å². The van der Waals surface area contributed by atoms with Crippen molar-refractivity contribution in [2.24, 2.45) is 5.73 Å². The summed E-state index contributed by atoms with van der Waals surface area (Å²) in [6, 6.07) is 7.99. The molecule has 0 atom stereocenters. The molecule has 0 fully saturated rings. The van der Waals surface area contributed by atoms with Crippen LogP contribution >= 0.6 is 0 Å². The van der Waals surface area contributed by atoms with Gasteiger partial charge in [0.1, 0.15) is 0 Å². The Hall–Kier alpha value is -2.67. The molecular formula is C14H17N7. The molecule has 0 spiro atoms. The summed E-state index contributed by atoms with van der Waals surface area (Å²) in [5.74, 6) is 0.833. The fourth-order valence-electron chi connectivity index (χ4n) is 2.16. The second-order valence-electron chi connectivity index (χ2n) is 4.84. The van der Waals surface area contributed by atoms with E-state index in [4.69, 9.17) is 11.5 Å². The molecule has 7 nitrogen and oxygen atoms in total. The summed E-state index contributed by atoms with van der Waals surface area (Å²) in [5.41, 5.74) is 15.0. The molecule has 0 aliphatic heterocycles. The van der Waals surface area contributed by atoms with Gasteiger partial charge in [0.2, 0.25) is 5.95 Å². The number of hydrogen-bond donors (Lipinski definition) is 3. The number of aryl methyl sites for hydroxylation is 1. The van der Waals surface area contributed by atoms with E-state index in [1.807, 2.05) is 31.2 Å². The molecule has 0 bridgehead atoms. The number of aromatic nitrogens is 4. The summed E-state index contributed by atoms with van der Waals surface area (Å²) >= 11 is 0. The van der Waals surface area contributed by atoms with Crippen LogP contribution in [0.5, 0.6) is 0 Å². The minimum Gasteiger partial charge on any atom is -0.381 e. The Morgan fingerprint density at radius 3 is 2.95 bits per heavy atom. The van der Waals surface area contributed by atoms with E-state index < -0.39 is 0 Å². The molecule has 5 N–H and O–H groups in total. The lowest BCUT2D eigenvalue weighted by Gasteiger charge is -2.02. The molecule has 0 saturated heterocycles. The van der Waals surface area contributed by atoms with Crippen LogP contribution in [0.15, 0.2) is 30.5 Å². The molecule has 3 aromatic rings. The lowest BCUT2D eigenvalue weighted by Crippen LogP contribution is -2.09. The molecule has 0 unspecified atom stereocenters. The van der Waals surface area contributed by atoms with Crippen LogP contribution in [-0.2, 0) is 6.42 Å². The number of anilines is 3. The first-order chi connectivity index (χ1) is 10.2. The highest BCUT2D eigenvalue weighted by Gasteiger charge is 2.11. The number of nitrogens with one attached hydrogen (secondary N) is 1. The Bertz CT molecular complexity index is 778. The molecule has 1 aromatic carbocycles. The second kappa shape index (κ2) is 5.37. The van der Waals surface area contributed by atoms with Gasteiger partial charge in [-0.3, -0.25) is 0 Å². The molecule has 0 saturated carbocycles. The van der Waals surface area contributed by atoms with Crippen LogP contribution in [-0.4, -0.2) is 26.1 Å². The third-order valence-corrected chi connectivity index (χ3v) is 3.14. The largest absolute Gasteiger partial charge is 0.381 e. The SMILES string of the molecule is Cc1cccc(Nc2nc3c(N)ncc(CCN)n3n2)c1. The molecule has 21 heavy (non-hydrogen) atoms.